The summed E-state index contributed by atoms with van der Waals surface area (Å²) in [5, 5.41) is 0.422. The number of nitrogens with zero attached hydrogens (tertiary/aromatic N) is 2. The molecule has 3 aromatic rings. The summed E-state index contributed by atoms with van der Waals surface area (Å²) in [6.45, 7) is 0.163. The Balaban J connectivity index is 1.62. The number of carbonyl (C=O) groups is 1. The predicted molar refractivity (Wildman–Crippen MR) is 123 cm³/mol. The summed E-state index contributed by atoms with van der Waals surface area (Å²) in [5.74, 6) is -0.239. The van der Waals surface area contributed by atoms with Gasteiger partial charge in [0.15, 0.2) is 5.84 Å². The van der Waals surface area contributed by atoms with E-state index in [2.05, 4.69) is 20.3 Å². The molecule has 0 N–H and O–H groups in total. The summed E-state index contributed by atoms with van der Waals surface area (Å²) < 4.78 is 35.3. The summed E-state index contributed by atoms with van der Waals surface area (Å²) in [5.41, 5.74) is 1.45. The number of benzene rings is 3. The summed E-state index contributed by atoms with van der Waals surface area (Å²) in [6.07, 6.45) is 0. The highest BCUT2D eigenvalue weighted by molar-refractivity contribution is 9.10. The molecule has 0 radical (unpaired) electrons. The van der Waals surface area contributed by atoms with Crippen molar-refractivity contribution in [1.82, 2.24) is 0 Å². The zero-order valence-corrected chi connectivity index (χ0v) is 19.2. The van der Waals surface area contributed by atoms with E-state index in [1.807, 2.05) is 0 Å². The van der Waals surface area contributed by atoms with E-state index >= 15 is 0 Å². The first-order valence-corrected chi connectivity index (χ1v) is 11.9. The number of para-hydroxylation sites is 1. The lowest BCUT2D eigenvalue weighted by Crippen LogP contribution is -2.34. The van der Waals surface area contributed by atoms with Gasteiger partial charge < -0.3 is 9.64 Å². The van der Waals surface area contributed by atoms with E-state index in [1.54, 1.807) is 71.6 Å². The van der Waals surface area contributed by atoms with Crippen LogP contribution in [0.25, 0.3) is 0 Å². The fourth-order valence-corrected chi connectivity index (χ4v) is 4.91. The Hall–Kier alpha value is -2.68. The number of esters is 1. The van der Waals surface area contributed by atoms with Crippen molar-refractivity contribution in [2.75, 3.05) is 18.1 Å². The minimum atomic E-state index is -3.82. The Morgan fingerprint density at radius 2 is 1.68 bits per heavy atom. The van der Waals surface area contributed by atoms with Crippen LogP contribution in [0.3, 0.4) is 0 Å². The highest BCUT2D eigenvalue weighted by Crippen LogP contribution is 2.32. The molecule has 158 valence electrons. The van der Waals surface area contributed by atoms with Crippen molar-refractivity contribution >= 4 is 55.0 Å². The Kier molecular flexibility index (Phi) is 6.13. The lowest BCUT2D eigenvalue weighted by molar-refractivity contribution is 0.0517. The van der Waals surface area contributed by atoms with Crippen molar-refractivity contribution in [3.05, 3.63) is 93.4 Å². The van der Waals surface area contributed by atoms with Gasteiger partial charge in [-0.2, -0.15) is 8.42 Å². The molecular formula is C22H16BrClN2O4S. The van der Waals surface area contributed by atoms with Crippen LogP contribution in [-0.4, -0.2) is 33.4 Å². The molecule has 0 bridgehead atoms. The van der Waals surface area contributed by atoms with Gasteiger partial charge in [0.1, 0.15) is 11.5 Å². The Bertz CT molecular complexity index is 1280. The van der Waals surface area contributed by atoms with Crippen molar-refractivity contribution in [3.8, 4) is 0 Å². The van der Waals surface area contributed by atoms with Gasteiger partial charge in [0.05, 0.1) is 22.8 Å². The van der Waals surface area contributed by atoms with Crippen molar-refractivity contribution in [3.63, 3.8) is 0 Å². The van der Waals surface area contributed by atoms with Crippen LogP contribution in [0.2, 0.25) is 5.02 Å². The summed E-state index contributed by atoms with van der Waals surface area (Å²) in [6, 6.07) is 20.4. The second-order valence-electron chi connectivity index (χ2n) is 6.63. The lowest BCUT2D eigenvalue weighted by Gasteiger charge is -2.25. The van der Waals surface area contributed by atoms with Gasteiger partial charge in [-0.05, 0) is 48.5 Å². The van der Waals surface area contributed by atoms with Crippen molar-refractivity contribution in [1.29, 1.82) is 0 Å². The standard InChI is InChI=1S/C22H16BrClN2O4S/c23-16-11-9-15(10-12-16)22(27)30-14-13-26(19-7-3-2-6-18(19)24)21-17-5-1-4-8-20(17)31(28,29)25-21/h1-12H,13-14H2. The average Bonchev–Trinajstić information content (AvgIpc) is 3.03. The van der Waals surface area contributed by atoms with Gasteiger partial charge in [0, 0.05) is 10.0 Å². The predicted octanol–water partition coefficient (Wildman–Crippen LogP) is 4.92. The zero-order chi connectivity index (χ0) is 22.0. The molecule has 0 spiro atoms. The Morgan fingerprint density at radius 1 is 1.00 bits per heavy atom. The van der Waals surface area contributed by atoms with Gasteiger partial charge in [0.2, 0.25) is 0 Å². The molecule has 4 rings (SSSR count). The van der Waals surface area contributed by atoms with Gasteiger partial charge in [-0.1, -0.05) is 51.8 Å². The molecule has 0 atom stereocenters. The summed E-state index contributed by atoms with van der Waals surface area (Å²) in [7, 11) is -3.82. The number of hydrogen-bond donors (Lipinski definition) is 0. The topological polar surface area (TPSA) is 76.0 Å². The maximum absolute atomic E-state index is 12.5. The zero-order valence-electron chi connectivity index (χ0n) is 16.0. The van der Waals surface area contributed by atoms with Crippen LogP contribution in [-0.2, 0) is 14.8 Å². The first kappa shape index (κ1) is 21.5. The van der Waals surface area contributed by atoms with E-state index in [-0.39, 0.29) is 23.9 Å². The number of carbonyl (C=O) groups excluding carboxylic acids is 1. The number of anilines is 1. The molecule has 6 nitrogen and oxygen atoms in total. The molecule has 1 heterocycles. The number of sulfonamides is 1. The quantitative estimate of drug-likeness (QED) is 0.448. The molecule has 1 aliphatic heterocycles. The molecule has 0 amide bonds. The van der Waals surface area contributed by atoms with Gasteiger partial charge >= 0.3 is 5.97 Å². The maximum Gasteiger partial charge on any atom is 0.338 e. The second-order valence-corrected chi connectivity index (χ2v) is 9.53. The monoisotopic (exact) mass is 518 g/mol. The van der Waals surface area contributed by atoms with Crippen LogP contribution >= 0.6 is 27.5 Å². The SMILES string of the molecule is O=C(OCCN(C1=NS(=O)(=O)c2ccccc21)c1ccccc1Cl)c1ccc(Br)cc1. The van der Waals surface area contributed by atoms with E-state index < -0.39 is 16.0 Å². The lowest BCUT2D eigenvalue weighted by atomic mass is 10.1. The molecular weight excluding hydrogens is 504 g/mol. The van der Waals surface area contributed by atoms with Gasteiger partial charge in [-0.15, -0.1) is 4.40 Å². The van der Waals surface area contributed by atoms with Crippen molar-refractivity contribution in [2.45, 2.75) is 4.90 Å². The molecule has 3 aromatic carbocycles. The first-order valence-electron chi connectivity index (χ1n) is 9.26. The number of fused-ring (bicyclic) bond motifs is 1. The van der Waals surface area contributed by atoms with Crippen LogP contribution in [0.5, 0.6) is 0 Å². The number of hydrogen-bond acceptors (Lipinski definition) is 5. The normalized spacial score (nSPS) is 13.9. The molecule has 31 heavy (non-hydrogen) atoms. The third-order valence-electron chi connectivity index (χ3n) is 4.64. The van der Waals surface area contributed by atoms with E-state index in [4.69, 9.17) is 16.3 Å². The van der Waals surface area contributed by atoms with E-state index in [9.17, 15) is 13.2 Å². The minimum Gasteiger partial charge on any atom is -0.460 e. The molecule has 9 heteroatoms. The molecule has 0 fully saturated rings. The van der Waals surface area contributed by atoms with Crippen LogP contribution in [0, 0.1) is 0 Å². The van der Waals surface area contributed by atoms with Gasteiger partial charge in [-0.25, -0.2) is 4.79 Å². The van der Waals surface area contributed by atoms with Crippen LogP contribution in [0.4, 0.5) is 5.69 Å². The largest absolute Gasteiger partial charge is 0.460 e. The summed E-state index contributed by atoms with van der Waals surface area (Å²) >= 11 is 9.71. The van der Waals surface area contributed by atoms with Crippen molar-refractivity contribution < 1.29 is 17.9 Å². The molecule has 0 aliphatic carbocycles. The van der Waals surface area contributed by atoms with Crippen LogP contribution in [0.1, 0.15) is 15.9 Å². The van der Waals surface area contributed by atoms with Crippen LogP contribution in [0.15, 0.2) is 86.6 Å². The van der Waals surface area contributed by atoms with E-state index in [0.717, 1.165) is 4.47 Å². The van der Waals surface area contributed by atoms with Gasteiger partial charge in [0.25, 0.3) is 10.0 Å². The molecule has 0 aromatic heterocycles. The fourth-order valence-electron chi connectivity index (χ4n) is 3.19. The molecule has 1 aliphatic rings. The average molecular weight is 520 g/mol. The fraction of sp³-hybridized carbons (Fsp3) is 0.0909. The third-order valence-corrected chi connectivity index (χ3v) is 6.81. The highest BCUT2D eigenvalue weighted by atomic mass is 79.9. The van der Waals surface area contributed by atoms with Crippen molar-refractivity contribution in [2.24, 2.45) is 4.40 Å². The second kappa shape index (κ2) is 8.82. The highest BCUT2D eigenvalue weighted by Gasteiger charge is 2.32. The van der Waals surface area contributed by atoms with Gasteiger partial charge in [-0.3, -0.25) is 0 Å². The molecule has 0 saturated heterocycles. The summed E-state index contributed by atoms with van der Waals surface area (Å²) in [4.78, 5) is 14.1. The van der Waals surface area contributed by atoms with Crippen LogP contribution < -0.4 is 4.90 Å². The smallest absolute Gasteiger partial charge is 0.338 e. The number of rotatable bonds is 5. The Labute approximate surface area is 193 Å². The number of amidine groups is 1. The van der Waals surface area contributed by atoms with E-state index in [1.165, 1.54) is 6.07 Å². The number of halogens is 2. The molecule has 0 unspecified atom stereocenters. The Morgan fingerprint density at radius 3 is 2.42 bits per heavy atom. The maximum atomic E-state index is 12.5. The molecule has 0 saturated carbocycles. The minimum absolute atomic E-state index is 0.00134. The van der Waals surface area contributed by atoms with E-state index in [0.29, 0.717) is 21.8 Å². The third kappa shape index (κ3) is 4.51. The first-order chi connectivity index (χ1) is 14.9. The number of ether oxygens (including phenoxy) is 1.